The van der Waals surface area contributed by atoms with Gasteiger partial charge in [0.05, 0.1) is 6.04 Å². The predicted octanol–water partition coefficient (Wildman–Crippen LogP) is 0.858. The highest BCUT2D eigenvalue weighted by Crippen LogP contribution is 2.21. The number of carbonyl (C=O) groups is 2. The molecule has 1 fully saturated rings. The van der Waals surface area contributed by atoms with Crippen LogP contribution in [0.4, 0.5) is 17.5 Å². The second-order valence-corrected chi connectivity index (χ2v) is 7.09. The second kappa shape index (κ2) is 8.22. The summed E-state index contributed by atoms with van der Waals surface area (Å²) in [6, 6.07) is 7.48. The number of aromatic nitrogens is 2. The molecular weight excluding hydrogens is 358 g/mol. The van der Waals surface area contributed by atoms with Crippen LogP contribution < -0.4 is 21.7 Å². The van der Waals surface area contributed by atoms with Crippen LogP contribution >= 0.6 is 0 Å². The number of rotatable bonds is 6. The largest absolute Gasteiger partial charge is 0.365 e. The smallest absolute Gasteiger partial charge is 0.254 e. The first-order valence-electron chi connectivity index (χ1n) is 9.05. The number of likely N-dealkylation sites (N-methyl/N-ethyl adjacent to an activating group) is 1. The van der Waals surface area contributed by atoms with Crippen molar-refractivity contribution in [3.8, 4) is 0 Å². The van der Waals surface area contributed by atoms with Gasteiger partial charge in [0.2, 0.25) is 11.9 Å². The maximum absolute atomic E-state index is 12.1. The summed E-state index contributed by atoms with van der Waals surface area (Å²) in [5, 5.41) is 9.55. The fourth-order valence-electron chi connectivity index (χ4n) is 3.11. The van der Waals surface area contributed by atoms with Gasteiger partial charge in [0, 0.05) is 38.6 Å². The van der Waals surface area contributed by atoms with Gasteiger partial charge in [-0.05, 0) is 31.0 Å². The lowest BCUT2D eigenvalue weighted by molar-refractivity contribution is -0.130. The topological polar surface area (TPSA) is 125 Å². The first kappa shape index (κ1) is 19.6. The average molecular weight is 383 g/mol. The molecular formula is C19H25N7O2. The Balaban J connectivity index is 1.76. The lowest BCUT2D eigenvalue weighted by Crippen LogP contribution is -2.39. The molecule has 1 saturated heterocycles. The number of nitrogens with zero attached hydrogens (tertiary/aromatic N) is 3. The van der Waals surface area contributed by atoms with Crippen molar-refractivity contribution < 1.29 is 9.59 Å². The molecule has 2 unspecified atom stereocenters. The summed E-state index contributed by atoms with van der Waals surface area (Å²) in [5.41, 5.74) is 7.54. The molecule has 0 aliphatic carbocycles. The van der Waals surface area contributed by atoms with Crippen molar-refractivity contribution >= 4 is 29.3 Å². The number of nitrogens with two attached hydrogens (primary N) is 1. The van der Waals surface area contributed by atoms with Crippen LogP contribution in [0.3, 0.4) is 0 Å². The van der Waals surface area contributed by atoms with E-state index in [4.69, 9.17) is 5.73 Å². The Kier molecular flexibility index (Phi) is 5.74. The number of primary amides is 1. The lowest BCUT2D eigenvalue weighted by Gasteiger charge is -2.16. The van der Waals surface area contributed by atoms with Crippen LogP contribution in [-0.2, 0) is 4.79 Å². The van der Waals surface area contributed by atoms with Crippen LogP contribution in [0.15, 0.2) is 30.5 Å². The molecule has 0 spiro atoms. The number of anilines is 3. The molecule has 1 aliphatic rings. The van der Waals surface area contributed by atoms with Gasteiger partial charge in [0.25, 0.3) is 5.91 Å². The number of carbonyl (C=O) groups excluding carboxylic acids is 2. The van der Waals surface area contributed by atoms with E-state index in [-0.39, 0.29) is 23.6 Å². The zero-order valence-corrected chi connectivity index (χ0v) is 16.2. The molecule has 1 aliphatic heterocycles. The third kappa shape index (κ3) is 4.55. The summed E-state index contributed by atoms with van der Waals surface area (Å²) in [6.45, 7) is 2.59. The highest BCUT2D eigenvalue weighted by molar-refractivity contribution is 5.98. The molecule has 2 aromatic rings. The minimum atomic E-state index is -0.610. The average Bonchev–Trinajstić information content (AvgIpc) is 3.09. The molecule has 9 nitrogen and oxygen atoms in total. The Bertz CT molecular complexity index is 884. The maximum atomic E-state index is 12.1. The fourth-order valence-corrected chi connectivity index (χ4v) is 3.11. The molecule has 148 valence electrons. The molecule has 0 saturated carbocycles. The number of aryl methyl sites for hydroxylation is 1. The van der Waals surface area contributed by atoms with E-state index in [9.17, 15) is 9.59 Å². The van der Waals surface area contributed by atoms with E-state index in [1.807, 2.05) is 31.2 Å². The van der Waals surface area contributed by atoms with Crippen molar-refractivity contribution in [1.82, 2.24) is 20.2 Å². The molecule has 1 aromatic heterocycles. The summed E-state index contributed by atoms with van der Waals surface area (Å²) < 4.78 is 0. The number of benzene rings is 1. The molecule has 3 rings (SSSR count). The number of nitrogens with one attached hydrogen (secondary N) is 3. The molecule has 9 heteroatoms. The Labute approximate surface area is 163 Å². The number of hydrogen-bond donors (Lipinski definition) is 4. The van der Waals surface area contributed by atoms with Crippen molar-refractivity contribution in [3.63, 3.8) is 0 Å². The number of amides is 2. The van der Waals surface area contributed by atoms with Crippen molar-refractivity contribution in [3.05, 3.63) is 41.6 Å². The van der Waals surface area contributed by atoms with Gasteiger partial charge >= 0.3 is 0 Å². The molecule has 2 heterocycles. The van der Waals surface area contributed by atoms with Gasteiger partial charge < -0.3 is 26.6 Å². The molecule has 2 amide bonds. The van der Waals surface area contributed by atoms with Crippen molar-refractivity contribution in [2.75, 3.05) is 31.3 Å². The quantitative estimate of drug-likeness (QED) is 0.583. The zero-order valence-electron chi connectivity index (χ0n) is 16.2. The summed E-state index contributed by atoms with van der Waals surface area (Å²) >= 11 is 0. The summed E-state index contributed by atoms with van der Waals surface area (Å²) in [5.74, 6) is 0.129. The van der Waals surface area contributed by atoms with Gasteiger partial charge in [-0.25, -0.2) is 4.98 Å². The zero-order chi connectivity index (χ0) is 20.3. The van der Waals surface area contributed by atoms with Crippen LogP contribution in [-0.4, -0.2) is 59.4 Å². The van der Waals surface area contributed by atoms with Gasteiger partial charge in [0.15, 0.2) is 0 Å². The van der Waals surface area contributed by atoms with Crippen molar-refractivity contribution in [1.29, 1.82) is 0 Å². The molecule has 0 radical (unpaired) electrons. The van der Waals surface area contributed by atoms with Gasteiger partial charge in [-0.2, -0.15) is 4.98 Å². The molecule has 0 bridgehead atoms. The van der Waals surface area contributed by atoms with E-state index in [1.165, 1.54) is 6.20 Å². The Morgan fingerprint density at radius 3 is 2.79 bits per heavy atom. The van der Waals surface area contributed by atoms with Gasteiger partial charge in [-0.1, -0.05) is 12.1 Å². The monoisotopic (exact) mass is 383 g/mol. The molecule has 1 aromatic carbocycles. The first-order valence-corrected chi connectivity index (χ1v) is 9.05. The third-order valence-electron chi connectivity index (χ3n) is 4.54. The molecule has 28 heavy (non-hydrogen) atoms. The summed E-state index contributed by atoms with van der Waals surface area (Å²) in [4.78, 5) is 34.0. The Hall–Kier alpha value is -3.20. The fraction of sp³-hybridized carbons (Fsp3) is 0.368. The third-order valence-corrected chi connectivity index (χ3v) is 4.54. The summed E-state index contributed by atoms with van der Waals surface area (Å²) in [7, 11) is 3.47. The lowest BCUT2D eigenvalue weighted by atomic mass is 10.1. The van der Waals surface area contributed by atoms with E-state index in [1.54, 1.807) is 19.0 Å². The minimum Gasteiger partial charge on any atom is -0.365 e. The van der Waals surface area contributed by atoms with Crippen LogP contribution in [0, 0.1) is 6.92 Å². The van der Waals surface area contributed by atoms with E-state index >= 15 is 0 Å². The number of hydrogen-bond acceptors (Lipinski definition) is 7. The minimum absolute atomic E-state index is 0.000137. The van der Waals surface area contributed by atoms with Gasteiger partial charge in [-0.3, -0.25) is 9.59 Å². The summed E-state index contributed by atoms with van der Waals surface area (Å²) in [6.07, 6.45) is 2.03. The highest BCUT2D eigenvalue weighted by atomic mass is 16.2. The van der Waals surface area contributed by atoms with Crippen LogP contribution in [0.1, 0.15) is 22.3 Å². The van der Waals surface area contributed by atoms with Crippen molar-refractivity contribution in [2.24, 2.45) is 5.73 Å². The normalized spacial score (nSPS) is 18.5. The highest BCUT2D eigenvalue weighted by Gasteiger charge is 2.30. The molecule has 2 atom stereocenters. The second-order valence-electron chi connectivity index (χ2n) is 7.09. The molecule has 5 N–H and O–H groups in total. The van der Waals surface area contributed by atoms with E-state index in [0.29, 0.717) is 24.7 Å². The van der Waals surface area contributed by atoms with E-state index in [0.717, 1.165) is 11.3 Å². The van der Waals surface area contributed by atoms with Gasteiger partial charge in [-0.15, -0.1) is 0 Å². The maximum Gasteiger partial charge on any atom is 0.254 e. The Morgan fingerprint density at radius 2 is 2.11 bits per heavy atom. The van der Waals surface area contributed by atoms with Crippen LogP contribution in [0.2, 0.25) is 0 Å². The Morgan fingerprint density at radius 1 is 1.32 bits per heavy atom. The van der Waals surface area contributed by atoms with E-state index < -0.39 is 5.91 Å². The SMILES string of the molecule is Cc1cccc(Nc2nc(NC3CNC(C(=O)N(C)C)C3)ncc2C(N)=O)c1. The van der Waals surface area contributed by atoms with Crippen LogP contribution in [0.5, 0.6) is 0 Å². The standard InChI is InChI=1S/C19H25N7O2/c1-11-5-4-6-12(7-11)23-17-14(16(20)27)10-22-19(25-17)24-13-8-15(21-9-13)18(28)26(2)3/h4-7,10,13,15,21H,8-9H2,1-3H3,(H2,20,27)(H2,22,23,24,25). The van der Waals surface area contributed by atoms with Crippen LogP contribution in [0.25, 0.3) is 0 Å². The first-order chi connectivity index (χ1) is 13.3. The van der Waals surface area contributed by atoms with Crippen molar-refractivity contribution in [2.45, 2.75) is 25.4 Å². The van der Waals surface area contributed by atoms with E-state index in [2.05, 4.69) is 25.9 Å². The van der Waals surface area contributed by atoms with Gasteiger partial charge in [0.1, 0.15) is 11.4 Å². The predicted molar refractivity (Wildman–Crippen MR) is 108 cm³/mol.